The first-order chi connectivity index (χ1) is 12.8. The molecule has 0 unspecified atom stereocenters. The molecule has 0 aliphatic heterocycles. The Kier molecular flexibility index (Phi) is 5.68. The maximum absolute atomic E-state index is 12.8. The second-order valence-electron chi connectivity index (χ2n) is 6.82. The highest BCUT2D eigenvalue weighted by molar-refractivity contribution is 5.94. The van der Waals surface area contributed by atoms with E-state index in [0.717, 1.165) is 30.5 Å². The second kappa shape index (κ2) is 7.98. The van der Waals surface area contributed by atoms with Gasteiger partial charge in [-0.05, 0) is 56.4 Å². The van der Waals surface area contributed by atoms with Crippen molar-refractivity contribution in [2.24, 2.45) is 0 Å². The Bertz CT molecular complexity index is 783. The molecule has 7 heteroatoms. The molecule has 1 aliphatic carbocycles. The molecule has 1 fully saturated rings. The van der Waals surface area contributed by atoms with Crippen LogP contribution in [0.3, 0.4) is 0 Å². The van der Waals surface area contributed by atoms with Crippen LogP contribution in [0.15, 0.2) is 42.6 Å². The van der Waals surface area contributed by atoms with Crippen molar-refractivity contribution in [3.05, 3.63) is 59.3 Å². The minimum Gasteiger partial charge on any atom is -0.474 e. The van der Waals surface area contributed by atoms with Gasteiger partial charge in [0, 0.05) is 23.9 Å². The molecular formula is C20H21F3N2O2. The van der Waals surface area contributed by atoms with E-state index in [2.05, 4.69) is 10.3 Å². The Balaban J connectivity index is 1.51. The van der Waals surface area contributed by atoms with Gasteiger partial charge in [0.1, 0.15) is 6.10 Å². The zero-order chi connectivity index (χ0) is 19.4. The third-order valence-corrected chi connectivity index (χ3v) is 4.63. The number of aryl methyl sites for hydroxylation is 1. The van der Waals surface area contributed by atoms with Crippen LogP contribution in [0.1, 0.15) is 47.2 Å². The summed E-state index contributed by atoms with van der Waals surface area (Å²) < 4.78 is 44.2. The van der Waals surface area contributed by atoms with Crippen molar-refractivity contribution >= 4 is 5.91 Å². The second-order valence-corrected chi connectivity index (χ2v) is 6.82. The van der Waals surface area contributed by atoms with E-state index in [1.807, 2.05) is 19.1 Å². The molecule has 1 aromatic carbocycles. The summed E-state index contributed by atoms with van der Waals surface area (Å²) in [6.45, 7) is 1.95. The number of ether oxygens (including phenoxy) is 1. The number of carbonyl (C=O) groups excluding carboxylic acids is 1. The van der Waals surface area contributed by atoms with E-state index in [0.29, 0.717) is 18.7 Å². The smallest absolute Gasteiger partial charge is 0.416 e. The Hall–Kier alpha value is -2.57. The zero-order valence-corrected chi connectivity index (χ0v) is 14.9. The number of hydrogen-bond donors (Lipinski definition) is 1. The highest BCUT2D eigenvalue weighted by Gasteiger charge is 2.31. The molecule has 0 bridgehead atoms. The molecule has 3 rings (SSSR count). The van der Waals surface area contributed by atoms with Crippen LogP contribution >= 0.6 is 0 Å². The molecule has 0 spiro atoms. The van der Waals surface area contributed by atoms with Crippen molar-refractivity contribution < 1.29 is 22.7 Å². The Morgan fingerprint density at radius 1 is 1.15 bits per heavy atom. The first kappa shape index (κ1) is 19.2. The Labute approximate surface area is 155 Å². The number of pyridine rings is 1. The fraction of sp³-hybridized carbons (Fsp3) is 0.400. The summed E-state index contributed by atoms with van der Waals surface area (Å²) in [5.74, 6) is 0.0997. The molecule has 1 amide bonds. The predicted molar refractivity (Wildman–Crippen MR) is 94.6 cm³/mol. The molecule has 0 radical (unpaired) electrons. The summed E-state index contributed by atoms with van der Waals surface area (Å²) in [7, 11) is 0. The third kappa shape index (κ3) is 5.21. The molecule has 4 nitrogen and oxygen atoms in total. The van der Waals surface area contributed by atoms with Gasteiger partial charge in [0.25, 0.3) is 5.91 Å². The molecule has 1 aliphatic rings. The highest BCUT2D eigenvalue weighted by Crippen LogP contribution is 2.29. The van der Waals surface area contributed by atoms with Crippen molar-refractivity contribution in [3.8, 4) is 5.88 Å². The maximum atomic E-state index is 12.8. The van der Waals surface area contributed by atoms with Gasteiger partial charge in [0.2, 0.25) is 5.88 Å². The lowest BCUT2D eigenvalue weighted by molar-refractivity contribution is -0.137. The lowest BCUT2D eigenvalue weighted by atomic mass is 9.92. The monoisotopic (exact) mass is 378 g/mol. The molecule has 1 aromatic heterocycles. The number of nitrogens with zero attached hydrogens (tertiary/aromatic N) is 1. The van der Waals surface area contributed by atoms with Gasteiger partial charge in [0.15, 0.2) is 0 Å². The van der Waals surface area contributed by atoms with Gasteiger partial charge in [0.05, 0.1) is 5.56 Å². The molecule has 27 heavy (non-hydrogen) atoms. The van der Waals surface area contributed by atoms with Gasteiger partial charge in [-0.2, -0.15) is 13.2 Å². The van der Waals surface area contributed by atoms with Crippen molar-refractivity contribution in [2.45, 2.75) is 50.9 Å². The van der Waals surface area contributed by atoms with Crippen LogP contribution in [-0.2, 0) is 6.18 Å². The summed E-state index contributed by atoms with van der Waals surface area (Å²) in [6, 6.07) is 8.17. The van der Waals surface area contributed by atoms with E-state index in [4.69, 9.17) is 4.74 Å². The molecule has 2 aromatic rings. The van der Waals surface area contributed by atoms with E-state index >= 15 is 0 Å². The van der Waals surface area contributed by atoms with E-state index in [9.17, 15) is 18.0 Å². The molecule has 1 saturated carbocycles. The topological polar surface area (TPSA) is 51.2 Å². The van der Waals surface area contributed by atoms with Gasteiger partial charge < -0.3 is 10.1 Å². The van der Waals surface area contributed by atoms with Crippen LogP contribution in [0.5, 0.6) is 5.88 Å². The van der Waals surface area contributed by atoms with E-state index in [-0.39, 0.29) is 17.7 Å². The van der Waals surface area contributed by atoms with Crippen LogP contribution in [0.25, 0.3) is 0 Å². The average Bonchev–Trinajstić information content (AvgIpc) is 2.64. The first-order valence-corrected chi connectivity index (χ1v) is 8.89. The largest absolute Gasteiger partial charge is 0.474 e. The number of benzene rings is 1. The van der Waals surface area contributed by atoms with Crippen molar-refractivity contribution in [1.82, 2.24) is 10.3 Å². The standard InChI is InChI=1S/C20H21F3N2O2/c1-13-5-10-18(24-12-13)27-17-8-6-16(7-9-17)25-19(26)14-3-2-4-15(11-14)20(21,22)23/h2-5,10-12,16-17H,6-9H2,1H3,(H,25,26). The molecule has 144 valence electrons. The van der Waals surface area contributed by atoms with E-state index in [1.165, 1.54) is 12.1 Å². The summed E-state index contributed by atoms with van der Waals surface area (Å²) in [5, 5.41) is 2.83. The molecule has 0 atom stereocenters. The highest BCUT2D eigenvalue weighted by atomic mass is 19.4. The number of amides is 1. The van der Waals surface area contributed by atoms with Gasteiger partial charge in [-0.1, -0.05) is 12.1 Å². The van der Waals surface area contributed by atoms with Crippen molar-refractivity contribution in [2.75, 3.05) is 0 Å². The third-order valence-electron chi connectivity index (χ3n) is 4.63. The zero-order valence-electron chi connectivity index (χ0n) is 14.9. The summed E-state index contributed by atoms with van der Waals surface area (Å²) >= 11 is 0. The van der Waals surface area contributed by atoms with Gasteiger partial charge >= 0.3 is 6.18 Å². The SMILES string of the molecule is Cc1ccc(OC2CCC(NC(=O)c3cccc(C(F)(F)F)c3)CC2)nc1. The molecule has 1 N–H and O–H groups in total. The quantitative estimate of drug-likeness (QED) is 0.851. The predicted octanol–water partition coefficient (Wildman–Crippen LogP) is 4.53. The fourth-order valence-electron chi connectivity index (χ4n) is 3.13. The van der Waals surface area contributed by atoms with Crippen molar-refractivity contribution in [3.63, 3.8) is 0 Å². The Morgan fingerprint density at radius 2 is 1.89 bits per heavy atom. The minimum atomic E-state index is -4.46. The number of rotatable bonds is 4. The lowest BCUT2D eigenvalue weighted by Crippen LogP contribution is -2.39. The van der Waals surface area contributed by atoms with Crippen LogP contribution in [0.4, 0.5) is 13.2 Å². The van der Waals surface area contributed by atoms with E-state index < -0.39 is 17.6 Å². The van der Waals surface area contributed by atoms with Crippen molar-refractivity contribution in [1.29, 1.82) is 0 Å². The average molecular weight is 378 g/mol. The molecule has 1 heterocycles. The van der Waals surface area contributed by atoms with Gasteiger partial charge in [-0.15, -0.1) is 0 Å². The number of hydrogen-bond acceptors (Lipinski definition) is 3. The maximum Gasteiger partial charge on any atom is 0.416 e. The molecule has 0 saturated heterocycles. The first-order valence-electron chi connectivity index (χ1n) is 8.89. The number of nitrogens with one attached hydrogen (secondary N) is 1. The normalized spacial score (nSPS) is 20.1. The number of carbonyl (C=O) groups is 1. The van der Waals surface area contributed by atoms with E-state index in [1.54, 1.807) is 6.20 Å². The van der Waals surface area contributed by atoms with Crippen LogP contribution in [0.2, 0.25) is 0 Å². The summed E-state index contributed by atoms with van der Waals surface area (Å²) in [6.07, 6.45) is 0.238. The minimum absolute atomic E-state index is 0.0204. The molecular weight excluding hydrogens is 357 g/mol. The fourth-order valence-corrected chi connectivity index (χ4v) is 3.13. The van der Waals surface area contributed by atoms with Crippen LogP contribution < -0.4 is 10.1 Å². The number of alkyl halides is 3. The number of halogens is 3. The van der Waals surface area contributed by atoms with Crippen LogP contribution in [0, 0.1) is 6.92 Å². The van der Waals surface area contributed by atoms with Gasteiger partial charge in [-0.25, -0.2) is 4.98 Å². The van der Waals surface area contributed by atoms with Gasteiger partial charge in [-0.3, -0.25) is 4.79 Å². The Morgan fingerprint density at radius 3 is 2.52 bits per heavy atom. The summed E-state index contributed by atoms with van der Waals surface area (Å²) in [5.41, 5.74) is 0.258. The lowest BCUT2D eigenvalue weighted by Gasteiger charge is -2.29. The van der Waals surface area contributed by atoms with Crippen LogP contribution in [-0.4, -0.2) is 23.0 Å². The summed E-state index contributed by atoms with van der Waals surface area (Å²) in [4.78, 5) is 16.5. The number of aromatic nitrogens is 1.